The molecule has 7 heteroatoms. The number of carbonyl (C=O) groups is 2. The lowest BCUT2D eigenvalue weighted by Gasteiger charge is -1.85. The summed E-state index contributed by atoms with van der Waals surface area (Å²) in [6.45, 7) is 0.975. The Kier molecular flexibility index (Phi) is 7.15. The summed E-state index contributed by atoms with van der Waals surface area (Å²) < 4.78 is 32.3. The van der Waals surface area contributed by atoms with Gasteiger partial charge in [0.1, 0.15) is 0 Å². The first-order chi connectivity index (χ1) is 5.29. The molecule has 0 aromatic carbocycles. The van der Waals surface area contributed by atoms with E-state index in [-0.39, 0.29) is 0 Å². The molecule has 0 fully saturated rings. The van der Waals surface area contributed by atoms with Gasteiger partial charge in [0.15, 0.2) is 6.17 Å². The third-order valence-corrected chi connectivity index (χ3v) is 0.527. The average Bonchev–Trinajstić information content (AvgIpc) is 1.88. The molecular weight excluding hydrogens is 181 g/mol. The number of carboxylic acids is 2. The second-order valence-corrected chi connectivity index (χ2v) is 1.59. The maximum Gasteiger partial charge on any atom is 0.371 e. The maximum absolute atomic E-state index is 11.2. The zero-order chi connectivity index (χ0) is 10.3. The van der Waals surface area contributed by atoms with Crippen LogP contribution in [-0.4, -0.2) is 34.7 Å². The van der Waals surface area contributed by atoms with Crippen molar-refractivity contribution in [1.82, 2.24) is 0 Å². The molecule has 0 bridgehead atoms. The summed E-state index contributed by atoms with van der Waals surface area (Å²) in [7, 11) is 0. The van der Waals surface area contributed by atoms with Crippen LogP contribution in [0.4, 0.5) is 13.2 Å². The van der Waals surface area contributed by atoms with Gasteiger partial charge in [0.2, 0.25) is 0 Å². The average molecular weight is 188 g/mol. The van der Waals surface area contributed by atoms with Gasteiger partial charge in [-0.2, -0.15) is 8.78 Å². The number of halogens is 3. The maximum atomic E-state index is 11.2. The second-order valence-electron chi connectivity index (χ2n) is 1.59. The van der Waals surface area contributed by atoms with Crippen LogP contribution in [0.2, 0.25) is 0 Å². The van der Waals surface area contributed by atoms with Crippen molar-refractivity contribution < 1.29 is 33.0 Å². The van der Waals surface area contributed by atoms with Crippen LogP contribution in [-0.2, 0) is 9.59 Å². The van der Waals surface area contributed by atoms with Gasteiger partial charge >= 0.3 is 18.4 Å². The molecule has 1 atom stereocenters. The molecule has 12 heavy (non-hydrogen) atoms. The molecule has 0 rings (SSSR count). The predicted molar refractivity (Wildman–Crippen MR) is 31.8 cm³/mol. The zero-order valence-electron chi connectivity index (χ0n) is 6.00. The molecule has 72 valence electrons. The lowest BCUT2D eigenvalue weighted by molar-refractivity contribution is -0.149. The molecule has 0 aliphatic heterocycles. The Hall–Kier alpha value is -1.27. The first kappa shape index (κ1) is 13.3. The Labute approximate surface area is 65.6 Å². The summed E-state index contributed by atoms with van der Waals surface area (Å²) in [5, 5.41) is 14.9. The van der Waals surface area contributed by atoms with Gasteiger partial charge in [-0.3, -0.25) is 0 Å². The minimum absolute atomic E-state index is 0.975. The van der Waals surface area contributed by atoms with E-state index in [0.29, 0.717) is 0 Å². The van der Waals surface area contributed by atoms with Crippen LogP contribution in [0.25, 0.3) is 0 Å². The SMILES string of the molecule is CC(F)C(=O)O.O=C(O)C(F)F. The Morgan fingerprint density at radius 1 is 1.08 bits per heavy atom. The number of rotatable bonds is 2. The van der Waals surface area contributed by atoms with E-state index in [4.69, 9.17) is 15.0 Å². The standard InChI is InChI=1S/C3H5FO2.C2H2F2O2/c1-2(4)3(5)6;3-1(4)2(5)6/h2H,1H3,(H,5,6);1H,(H,5,6). The minimum atomic E-state index is -3.23. The normalized spacial score (nSPS) is 11.4. The molecule has 0 aliphatic rings. The highest BCUT2D eigenvalue weighted by Gasteiger charge is 2.10. The smallest absolute Gasteiger partial charge is 0.371 e. The van der Waals surface area contributed by atoms with Crippen LogP contribution in [0.3, 0.4) is 0 Å². The Bertz CT molecular complexity index is 139. The fourth-order valence-corrected chi connectivity index (χ4v) is 0. The van der Waals surface area contributed by atoms with E-state index in [1.54, 1.807) is 0 Å². The number of hydrogen-bond acceptors (Lipinski definition) is 2. The van der Waals surface area contributed by atoms with E-state index >= 15 is 0 Å². The Balaban J connectivity index is 0. The number of alkyl halides is 3. The lowest BCUT2D eigenvalue weighted by atomic mass is 10.5. The van der Waals surface area contributed by atoms with Gasteiger partial charge in [-0.05, 0) is 6.92 Å². The molecule has 1 unspecified atom stereocenters. The molecule has 4 nitrogen and oxygen atoms in total. The van der Waals surface area contributed by atoms with E-state index in [9.17, 15) is 18.0 Å². The first-order valence-corrected chi connectivity index (χ1v) is 2.66. The van der Waals surface area contributed by atoms with E-state index in [0.717, 1.165) is 6.92 Å². The monoisotopic (exact) mass is 188 g/mol. The third-order valence-electron chi connectivity index (χ3n) is 0.527. The zero-order valence-corrected chi connectivity index (χ0v) is 6.00. The number of carboxylic acid groups (broad SMARTS) is 2. The topological polar surface area (TPSA) is 74.6 Å². The van der Waals surface area contributed by atoms with E-state index in [1.165, 1.54) is 0 Å². The second kappa shape index (κ2) is 6.44. The summed E-state index contributed by atoms with van der Waals surface area (Å²) in [5.41, 5.74) is 0. The van der Waals surface area contributed by atoms with Crippen LogP contribution >= 0.6 is 0 Å². The van der Waals surface area contributed by atoms with E-state index in [1.807, 2.05) is 0 Å². The highest BCUT2D eigenvalue weighted by molar-refractivity contribution is 5.71. The fourth-order valence-electron chi connectivity index (χ4n) is 0. The molecule has 0 saturated heterocycles. The summed E-state index contributed by atoms with van der Waals surface area (Å²) in [5.74, 6) is -3.48. The largest absolute Gasteiger partial charge is 0.479 e. The molecule has 2 N–H and O–H groups in total. The quantitative estimate of drug-likeness (QED) is 0.670. The third kappa shape index (κ3) is 11.5. The summed E-state index contributed by atoms with van der Waals surface area (Å²) in [6, 6.07) is 0. The Morgan fingerprint density at radius 2 is 1.25 bits per heavy atom. The van der Waals surface area contributed by atoms with Crippen LogP contribution in [0, 0.1) is 0 Å². The summed E-state index contributed by atoms with van der Waals surface area (Å²) >= 11 is 0. The van der Waals surface area contributed by atoms with Gasteiger partial charge in [0.25, 0.3) is 0 Å². The van der Waals surface area contributed by atoms with Crippen LogP contribution in [0.15, 0.2) is 0 Å². The molecule has 0 aromatic heterocycles. The molecule has 0 aromatic rings. The minimum Gasteiger partial charge on any atom is -0.479 e. The molecule has 0 aliphatic carbocycles. The van der Waals surface area contributed by atoms with Gasteiger partial charge in [0, 0.05) is 0 Å². The van der Waals surface area contributed by atoms with E-state index < -0.39 is 24.5 Å². The Morgan fingerprint density at radius 3 is 1.25 bits per heavy atom. The van der Waals surface area contributed by atoms with Crippen molar-refractivity contribution in [2.75, 3.05) is 0 Å². The first-order valence-electron chi connectivity index (χ1n) is 2.66. The molecular formula is C5H7F3O4. The summed E-state index contributed by atoms with van der Waals surface area (Å²) in [4.78, 5) is 18.3. The van der Waals surface area contributed by atoms with Crippen molar-refractivity contribution >= 4 is 11.9 Å². The van der Waals surface area contributed by atoms with Crippen LogP contribution in [0.5, 0.6) is 0 Å². The molecule has 0 radical (unpaired) electrons. The van der Waals surface area contributed by atoms with Crippen molar-refractivity contribution in [3.63, 3.8) is 0 Å². The fraction of sp³-hybridized carbons (Fsp3) is 0.600. The highest BCUT2D eigenvalue weighted by Crippen LogP contribution is 1.87. The number of aliphatic carboxylic acids is 2. The van der Waals surface area contributed by atoms with Crippen LogP contribution in [0.1, 0.15) is 6.92 Å². The van der Waals surface area contributed by atoms with Gasteiger partial charge in [0.05, 0.1) is 0 Å². The van der Waals surface area contributed by atoms with Crippen molar-refractivity contribution in [3.05, 3.63) is 0 Å². The number of hydrogen-bond donors (Lipinski definition) is 2. The van der Waals surface area contributed by atoms with Gasteiger partial charge in [-0.1, -0.05) is 0 Å². The van der Waals surface area contributed by atoms with Gasteiger partial charge in [-0.25, -0.2) is 14.0 Å². The predicted octanol–water partition coefficient (Wildman–Crippen LogP) is 0.765. The lowest BCUT2D eigenvalue weighted by Crippen LogP contribution is -2.08. The molecule has 0 heterocycles. The van der Waals surface area contributed by atoms with Crippen molar-refractivity contribution in [1.29, 1.82) is 0 Å². The molecule has 0 spiro atoms. The van der Waals surface area contributed by atoms with Crippen LogP contribution < -0.4 is 0 Å². The van der Waals surface area contributed by atoms with Gasteiger partial charge < -0.3 is 10.2 Å². The summed E-state index contributed by atoms with van der Waals surface area (Å²) in [6.07, 6.45) is -4.96. The van der Waals surface area contributed by atoms with Crippen molar-refractivity contribution in [2.45, 2.75) is 19.5 Å². The molecule has 0 amide bonds. The highest BCUT2D eigenvalue weighted by atomic mass is 19.3. The van der Waals surface area contributed by atoms with Crippen molar-refractivity contribution in [3.8, 4) is 0 Å². The molecule has 0 saturated carbocycles. The van der Waals surface area contributed by atoms with E-state index in [2.05, 4.69) is 0 Å². The van der Waals surface area contributed by atoms with Crippen molar-refractivity contribution in [2.24, 2.45) is 0 Å². The van der Waals surface area contributed by atoms with Gasteiger partial charge in [-0.15, -0.1) is 0 Å².